The summed E-state index contributed by atoms with van der Waals surface area (Å²) in [5.74, 6) is -4.41. The van der Waals surface area contributed by atoms with Crippen LogP contribution in [0.15, 0.2) is 297 Å². The zero-order chi connectivity index (χ0) is 67.5. The number of aliphatic hydroxyl groups is 1. The third kappa shape index (κ3) is 14.7. The van der Waals surface area contributed by atoms with Crippen LogP contribution in [-0.2, 0) is 30.6 Å². The summed E-state index contributed by atoms with van der Waals surface area (Å²) in [4.78, 5) is 76.2. The molecular weight excluding hydrogens is 1230 g/mol. The number of ether oxygens (including phenoxy) is 2. The van der Waals surface area contributed by atoms with Crippen LogP contribution in [0, 0.1) is 0 Å². The molecule has 2 atom stereocenters. The van der Waals surface area contributed by atoms with Crippen molar-refractivity contribution in [1.82, 2.24) is 15.5 Å². The number of aromatic carboxylic acids is 1. The minimum absolute atomic E-state index is 0.0553. The van der Waals surface area contributed by atoms with Gasteiger partial charge in [-0.05, 0) is 106 Å². The molecule has 18 heteroatoms. The summed E-state index contributed by atoms with van der Waals surface area (Å²) < 4.78 is 10.8. The van der Waals surface area contributed by atoms with Crippen LogP contribution in [0.3, 0.4) is 0 Å². The molecule has 10 aromatic rings. The number of carbonyl (C=O) groups excluding carboxylic acids is 5. The Kier molecular flexibility index (Phi) is 22.3. The number of carboxylic acid groups (broad SMARTS) is 1. The summed E-state index contributed by atoms with van der Waals surface area (Å²) in [5, 5.41) is 36.1. The number of Topliss-reactive ketones (excluding diaryl/α,β-unsaturated/α-hetero) is 2. The predicted octanol–water partition coefficient (Wildman–Crippen LogP) is 11.2. The molecule has 95 heavy (non-hydrogen) atoms. The number of benzene rings is 10. The van der Waals surface area contributed by atoms with E-state index in [0.29, 0.717) is 39.0 Å². The van der Waals surface area contributed by atoms with E-state index in [0.717, 1.165) is 10.9 Å². The first-order valence-corrected chi connectivity index (χ1v) is 33.1. The van der Waals surface area contributed by atoms with E-state index in [1.54, 1.807) is 81.8 Å². The third-order valence-corrected chi connectivity index (χ3v) is 21.6. The molecule has 0 bridgehead atoms. The summed E-state index contributed by atoms with van der Waals surface area (Å²) in [5.41, 5.74) is 9.60. The van der Waals surface area contributed by atoms with Gasteiger partial charge >= 0.3 is 17.7 Å². The van der Waals surface area contributed by atoms with E-state index in [-0.39, 0.29) is 28.7 Å². The van der Waals surface area contributed by atoms with Crippen molar-refractivity contribution >= 4 is 99.4 Å². The van der Waals surface area contributed by atoms with Gasteiger partial charge in [-0.1, -0.05) is 248 Å². The lowest BCUT2D eigenvalue weighted by Crippen LogP contribution is -2.44. The molecule has 16 nitrogen and oxygen atoms in total. The average Bonchev–Trinajstić information content (AvgIpc) is 1.60. The summed E-state index contributed by atoms with van der Waals surface area (Å²) in [6, 6.07) is 88.5. The SMILES string of the molecule is C=P(c1ccccc1)(c1ccccc1)c1ccc(C(=O)NC)cc1.CN1C=C(c2ccccc2)C(=O)C1(O)c1ccccc1C(=O)O.CN=[N+]=[N-].CNC(=O)c1ccc(P(c2ccccc2)c2ccccc2)cc1.O=C1OC2(OC=C(c3ccccc3)C2=O)c2ccccc21. The fourth-order valence-electron chi connectivity index (χ4n) is 10.8. The second-order valence-corrected chi connectivity index (χ2v) is 26.7. The van der Waals surface area contributed by atoms with Crippen LogP contribution in [-0.4, -0.2) is 84.9 Å². The molecule has 2 amide bonds. The molecule has 0 aromatic heterocycles. The topological polar surface area (TPSA) is 237 Å². The molecule has 0 saturated heterocycles. The van der Waals surface area contributed by atoms with Gasteiger partial charge in [-0.3, -0.25) is 19.2 Å². The molecule has 10 aromatic carbocycles. The molecule has 13 rings (SSSR count). The van der Waals surface area contributed by atoms with E-state index in [4.69, 9.17) is 15.0 Å². The Morgan fingerprint density at radius 1 is 0.537 bits per heavy atom. The number of esters is 1. The Morgan fingerprint density at radius 3 is 1.39 bits per heavy atom. The van der Waals surface area contributed by atoms with Crippen molar-refractivity contribution in [2.75, 3.05) is 28.2 Å². The first kappa shape index (κ1) is 67.9. The average molecular weight is 1300 g/mol. The molecular formula is C77H66N6O10P2. The molecule has 0 radical (unpaired) electrons. The van der Waals surface area contributed by atoms with Crippen LogP contribution in [0.1, 0.15) is 63.7 Å². The summed E-state index contributed by atoms with van der Waals surface area (Å²) in [6.45, 7) is -1.97. The normalized spacial score (nSPS) is 15.5. The molecule has 0 fully saturated rings. The lowest BCUT2D eigenvalue weighted by Gasteiger charge is -2.31. The molecule has 3 heterocycles. The van der Waals surface area contributed by atoms with Gasteiger partial charge < -0.3 is 35.2 Å². The van der Waals surface area contributed by atoms with Gasteiger partial charge in [0.1, 0.15) is 6.26 Å². The minimum atomic E-state index is -2.03. The molecule has 0 saturated carbocycles. The molecule has 3 aliphatic rings. The maximum Gasteiger partial charge on any atom is 0.347 e. The van der Waals surface area contributed by atoms with Gasteiger partial charge in [0.15, 0.2) is 0 Å². The number of azide groups is 1. The molecule has 1 spiro atoms. The van der Waals surface area contributed by atoms with Crippen LogP contribution in [0.25, 0.3) is 21.6 Å². The number of amides is 2. The summed E-state index contributed by atoms with van der Waals surface area (Å²) in [7, 11) is 5.61. The number of likely N-dealkylation sites (N-methyl/N-ethyl adjacent to an activating group) is 1. The fraction of sp³-hybridized carbons (Fsp3) is 0.0779. The Bertz CT molecular complexity index is 4460. The van der Waals surface area contributed by atoms with Crippen molar-refractivity contribution < 1.29 is 48.5 Å². The highest BCUT2D eigenvalue weighted by molar-refractivity contribution is 7.93. The quantitative estimate of drug-likeness (QED) is 0.0295. The van der Waals surface area contributed by atoms with Gasteiger partial charge in [0.05, 0.1) is 22.3 Å². The van der Waals surface area contributed by atoms with Gasteiger partial charge in [-0.15, -0.1) is 0 Å². The smallest absolute Gasteiger partial charge is 0.347 e. The van der Waals surface area contributed by atoms with Gasteiger partial charge in [-0.25, -0.2) is 9.59 Å². The monoisotopic (exact) mass is 1300 g/mol. The maximum atomic E-state index is 12.9. The number of nitrogens with one attached hydrogen (secondary N) is 2. The number of hydrogen-bond acceptors (Lipinski definition) is 11. The highest BCUT2D eigenvalue weighted by Gasteiger charge is 2.57. The number of ketones is 2. The van der Waals surface area contributed by atoms with E-state index in [1.807, 2.05) is 97.1 Å². The van der Waals surface area contributed by atoms with Crippen molar-refractivity contribution in [3.8, 4) is 0 Å². The number of carboxylic acids is 1. The number of hydrogen-bond donors (Lipinski definition) is 4. The van der Waals surface area contributed by atoms with Crippen molar-refractivity contribution in [1.29, 1.82) is 0 Å². The predicted molar refractivity (Wildman–Crippen MR) is 378 cm³/mol. The second-order valence-electron chi connectivity index (χ2n) is 21.3. The van der Waals surface area contributed by atoms with Crippen molar-refractivity contribution in [2.45, 2.75) is 11.5 Å². The Hall–Kier alpha value is -11.5. The van der Waals surface area contributed by atoms with E-state index in [1.165, 1.54) is 63.1 Å². The van der Waals surface area contributed by atoms with E-state index in [2.05, 4.69) is 136 Å². The maximum absolute atomic E-state index is 12.9. The minimum Gasteiger partial charge on any atom is -0.478 e. The van der Waals surface area contributed by atoms with Gasteiger partial charge in [-0.2, -0.15) is 0 Å². The third-order valence-electron chi connectivity index (χ3n) is 15.6. The van der Waals surface area contributed by atoms with Crippen molar-refractivity contribution in [3.05, 3.63) is 346 Å². The van der Waals surface area contributed by atoms with Crippen LogP contribution in [0.4, 0.5) is 0 Å². The van der Waals surface area contributed by atoms with Crippen LogP contribution < -0.4 is 42.5 Å². The molecule has 0 aliphatic carbocycles. The standard InChI is InChI=1S/C21H20NOP.C20H18NOP.C18H15NO4.C17H10O4.CH3N3/c1-22-21(23)17-13-15-20(16-14-17)24(2,18-9-5-3-6-10-18)19-11-7-4-8-12-19;1-21-20(22)16-12-14-19(15-13-16)23(17-8-4-2-5-9-17)18-10-6-3-7-11-18;1-19-11-14(12-7-3-2-4-8-12)16(20)18(19,23)15-10-6-5-9-13(15)17(21)22;18-15-13(11-6-2-1-3-7-11)10-20-17(15)14-9-5-4-8-12(14)16(19)21-17;1-3-4-2/h3-16H,2H2,1H3,(H,22,23);2-15H,1H3,(H,21,22);2-11,23H,1H3,(H,21,22);1-10H;1H3. The first-order valence-electron chi connectivity index (χ1n) is 29.8. The highest BCUT2D eigenvalue weighted by Crippen LogP contribution is 2.46. The van der Waals surface area contributed by atoms with Crippen molar-refractivity contribution in [2.24, 2.45) is 5.11 Å². The Balaban J connectivity index is 0.000000146. The lowest BCUT2D eigenvalue weighted by molar-refractivity contribution is -0.173. The highest BCUT2D eigenvalue weighted by atomic mass is 31.2. The number of nitrogens with zero attached hydrogens (tertiary/aromatic N) is 4. The fourth-order valence-corrected chi connectivity index (χ4v) is 16.0. The Labute approximate surface area is 551 Å². The first-order chi connectivity index (χ1) is 46.0. The molecule has 474 valence electrons. The zero-order valence-corrected chi connectivity index (χ0v) is 54.1. The molecule has 2 unspecified atom stereocenters. The molecule has 3 aliphatic heterocycles. The van der Waals surface area contributed by atoms with E-state index >= 15 is 0 Å². The van der Waals surface area contributed by atoms with Gasteiger partial charge in [0.25, 0.3) is 17.6 Å². The van der Waals surface area contributed by atoms with E-state index in [9.17, 15) is 39.0 Å². The zero-order valence-electron chi connectivity index (χ0n) is 52.3. The van der Waals surface area contributed by atoms with Gasteiger partial charge in [0.2, 0.25) is 11.5 Å². The van der Waals surface area contributed by atoms with Crippen LogP contribution in [0.2, 0.25) is 0 Å². The summed E-state index contributed by atoms with van der Waals surface area (Å²) in [6.07, 6.45) is 7.59. The summed E-state index contributed by atoms with van der Waals surface area (Å²) >= 11 is 0. The number of carbonyl (C=O) groups is 6. The van der Waals surface area contributed by atoms with Crippen LogP contribution >= 0.6 is 14.8 Å². The second kappa shape index (κ2) is 31.2. The van der Waals surface area contributed by atoms with Crippen molar-refractivity contribution in [3.63, 3.8) is 0 Å². The van der Waals surface area contributed by atoms with Crippen LogP contribution in [0.5, 0.6) is 0 Å². The van der Waals surface area contributed by atoms with E-state index < -0.39 is 44.0 Å². The Morgan fingerprint density at radius 2 is 0.926 bits per heavy atom. The molecule has 4 N–H and O–H groups in total. The largest absolute Gasteiger partial charge is 0.478 e. The number of rotatable bonds is 12. The number of fused-ring (bicyclic) bond motifs is 2. The van der Waals surface area contributed by atoms with Gasteiger partial charge in [0, 0.05) is 61.6 Å². The lowest BCUT2D eigenvalue weighted by atomic mass is 9.90.